The average Bonchev–Trinajstić information content (AvgIpc) is 2.18. The van der Waals surface area contributed by atoms with Gasteiger partial charge in [0, 0.05) is 18.2 Å². The highest BCUT2D eigenvalue weighted by Gasteiger charge is 2.12. The third kappa shape index (κ3) is 3.15. The number of nitrogens with two attached hydrogens (primary N) is 1. The first-order valence-corrected chi connectivity index (χ1v) is 5.23. The number of carbonyl (C=O) groups excluding carboxylic acids is 1. The Morgan fingerprint density at radius 3 is 2.38 bits per heavy atom. The molecule has 0 atom stereocenters. The van der Waals surface area contributed by atoms with Crippen LogP contribution in [0.2, 0.25) is 0 Å². The van der Waals surface area contributed by atoms with Crippen LogP contribution in [0.4, 0.5) is 11.4 Å². The van der Waals surface area contributed by atoms with Gasteiger partial charge in [-0.2, -0.15) is 0 Å². The van der Waals surface area contributed by atoms with Crippen molar-refractivity contribution in [2.45, 2.75) is 26.3 Å². The van der Waals surface area contributed by atoms with Gasteiger partial charge in [-0.1, -0.05) is 0 Å². The molecule has 0 saturated carbocycles. The Morgan fingerprint density at radius 2 is 1.94 bits per heavy atom. The summed E-state index contributed by atoms with van der Waals surface area (Å²) < 4.78 is 0. The molecule has 0 bridgehead atoms. The van der Waals surface area contributed by atoms with Crippen LogP contribution in [0.1, 0.15) is 31.1 Å². The van der Waals surface area contributed by atoms with Gasteiger partial charge < -0.3 is 16.4 Å². The van der Waals surface area contributed by atoms with Gasteiger partial charge in [0.2, 0.25) is 0 Å². The van der Waals surface area contributed by atoms with Crippen molar-refractivity contribution in [2.24, 2.45) is 0 Å². The minimum atomic E-state index is -0.131. The Bertz CT molecular complexity index is 394. The topological polar surface area (TPSA) is 67.2 Å². The number of anilines is 2. The van der Waals surface area contributed by atoms with Crippen LogP contribution in [0.3, 0.4) is 0 Å². The summed E-state index contributed by atoms with van der Waals surface area (Å²) in [7, 11) is 1.60. The van der Waals surface area contributed by atoms with E-state index in [0.29, 0.717) is 11.3 Å². The fourth-order valence-electron chi connectivity index (χ4n) is 1.37. The summed E-state index contributed by atoms with van der Waals surface area (Å²) in [6.07, 6.45) is 0. The lowest BCUT2D eigenvalue weighted by molar-refractivity contribution is 0.0963. The van der Waals surface area contributed by atoms with E-state index in [4.69, 9.17) is 5.73 Å². The standard InChI is InChI=1S/C12H19N3O/c1-12(2,3)15-10-6-5-8(7-9(10)13)11(16)14-4/h5-7,15H,13H2,1-4H3,(H,14,16). The number of nitrogen functional groups attached to an aromatic ring is 1. The second kappa shape index (κ2) is 4.43. The molecule has 1 aromatic rings. The molecule has 0 heterocycles. The first-order chi connectivity index (χ1) is 7.33. The van der Waals surface area contributed by atoms with Gasteiger partial charge in [-0.05, 0) is 39.0 Å². The molecule has 1 rings (SSSR count). The normalized spacial score (nSPS) is 11.0. The van der Waals surface area contributed by atoms with Crippen molar-refractivity contribution in [3.63, 3.8) is 0 Å². The summed E-state index contributed by atoms with van der Waals surface area (Å²) in [5, 5.41) is 5.84. The summed E-state index contributed by atoms with van der Waals surface area (Å²) >= 11 is 0. The Hall–Kier alpha value is -1.71. The fourth-order valence-corrected chi connectivity index (χ4v) is 1.37. The number of hydrogen-bond acceptors (Lipinski definition) is 3. The van der Waals surface area contributed by atoms with Gasteiger partial charge >= 0.3 is 0 Å². The number of nitrogens with one attached hydrogen (secondary N) is 2. The van der Waals surface area contributed by atoms with Gasteiger partial charge in [-0.25, -0.2) is 0 Å². The Kier molecular flexibility index (Phi) is 3.42. The Morgan fingerprint density at radius 1 is 1.31 bits per heavy atom. The molecule has 1 aromatic carbocycles. The van der Waals surface area contributed by atoms with Crippen LogP contribution in [0.25, 0.3) is 0 Å². The van der Waals surface area contributed by atoms with Gasteiger partial charge in [-0.15, -0.1) is 0 Å². The van der Waals surface area contributed by atoms with E-state index in [9.17, 15) is 4.79 Å². The van der Waals surface area contributed by atoms with Crippen molar-refractivity contribution in [1.82, 2.24) is 5.32 Å². The molecule has 88 valence electrons. The lowest BCUT2D eigenvalue weighted by Crippen LogP contribution is -2.26. The molecule has 0 aliphatic rings. The van der Waals surface area contributed by atoms with Crippen LogP contribution >= 0.6 is 0 Å². The zero-order valence-corrected chi connectivity index (χ0v) is 10.2. The maximum atomic E-state index is 11.4. The summed E-state index contributed by atoms with van der Waals surface area (Å²) in [5.41, 5.74) is 7.82. The van der Waals surface area contributed by atoms with Crippen molar-refractivity contribution < 1.29 is 4.79 Å². The number of carbonyl (C=O) groups is 1. The van der Waals surface area contributed by atoms with Crippen molar-refractivity contribution in [1.29, 1.82) is 0 Å². The predicted molar refractivity (Wildman–Crippen MR) is 67.6 cm³/mol. The van der Waals surface area contributed by atoms with Crippen molar-refractivity contribution in [3.8, 4) is 0 Å². The smallest absolute Gasteiger partial charge is 0.251 e. The Balaban J connectivity index is 2.96. The largest absolute Gasteiger partial charge is 0.397 e. The molecule has 0 aliphatic carbocycles. The monoisotopic (exact) mass is 221 g/mol. The maximum absolute atomic E-state index is 11.4. The zero-order chi connectivity index (χ0) is 12.3. The highest BCUT2D eigenvalue weighted by atomic mass is 16.1. The molecule has 0 saturated heterocycles. The first-order valence-electron chi connectivity index (χ1n) is 5.23. The van der Waals surface area contributed by atoms with Crippen LogP contribution in [0.15, 0.2) is 18.2 Å². The molecule has 0 aliphatic heterocycles. The number of amides is 1. The van der Waals surface area contributed by atoms with E-state index in [1.54, 1.807) is 19.2 Å². The minimum Gasteiger partial charge on any atom is -0.397 e. The van der Waals surface area contributed by atoms with Crippen LogP contribution in [0.5, 0.6) is 0 Å². The molecule has 4 nitrogen and oxygen atoms in total. The lowest BCUT2D eigenvalue weighted by Gasteiger charge is -2.23. The summed E-state index contributed by atoms with van der Waals surface area (Å²) in [4.78, 5) is 11.4. The van der Waals surface area contributed by atoms with E-state index in [2.05, 4.69) is 31.4 Å². The molecule has 4 heteroatoms. The highest BCUT2D eigenvalue weighted by molar-refractivity contribution is 5.95. The fraction of sp³-hybridized carbons (Fsp3) is 0.417. The zero-order valence-electron chi connectivity index (χ0n) is 10.2. The molecular formula is C12H19N3O. The lowest BCUT2D eigenvalue weighted by atomic mass is 10.1. The molecule has 4 N–H and O–H groups in total. The molecule has 0 radical (unpaired) electrons. The van der Waals surface area contributed by atoms with Crippen molar-refractivity contribution in [3.05, 3.63) is 23.8 Å². The van der Waals surface area contributed by atoms with Crippen molar-refractivity contribution >= 4 is 17.3 Å². The van der Waals surface area contributed by atoms with E-state index in [-0.39, 0.29) is 11.4 Å². The molecule has 0 aromatic heterocycles. The molecule has 0 fully saturated rings. The molecule has 1 amide bonds. The third-order valence-electron chi connectivity index (χ3n) is 2.05. The van der Waals surface area contributed by atoms with Gasteiger partial charge in [-0.3, -0.25) is 4.79 Å². The van der Waals surface area contributed by atoms with Gasteiger partial charge in [0.25, 0.3) is 5.91 Å². The number of benzene rings is 1. The summed E-state index contributed by atoms with van der Waals surface area (Å²) in [6, 6.07) is 5.25. The van der Waals surface area contributed by atoms with Crippen molar-refractivity contribution in [2.75, 3.05) is 18.1 Å². The van der Waals surface area contributed by atoms with Gasteiger partial charge in [0.1, 0.15) is 0 Å². The second-order valence-electron chi connectivity index (χ2n) is 4.76. The predicted octanol–water partition coefficient (Wildman–Crippen LogP) is 1.84. The van der Waals surface area contributed by atoms with E-state index in [1.165, 1.54) is 0 Å². The first kappa shape index (κ1) is 12.4. The van der Waals surface area contributed by atoms with E-state index in [1.807, 2.05) is 6.07 Å². The van der Waals surface area contributed by atoms with Crippen LogP contribution < -0.4 is 16.4 Å². The van der Waals surface area contributed by atoms with Crippen LogP contribution in [0, 0.1) is 0 Å². The van der Waals surface area contributed by atoms with Crippen LogP contribution in [-0.2, 0) is 0 Å². The van der Waals surface area contributed by atoms with Gasteiger partial charge in [0.05, 0.1) is 11.4 Å². The third-order valence-corrected chi connectivity index (χ3v) is 2.05. The highest BCUT2D eigenvalue weighted by Crippen LogP contribution is 2.23. The Labute approximate surface area is 96.2 Å². The molecule has 0 unspecified atom stereocenters. The minimum absolute atomic E-state index is 0.0529. The average molecular weight is 221 g/mol. The van der Waals surface area contributed by atoms with E-state index < -0.39 is 0 Å². The quantitative estimate of drug-likeness (QED) is 0.667. The van der Waals surface area contributed by atoms with Crippen LogP contribution in [-0.4, -0.2) is 18.5 Å². The SMILES string of the molecule is CNC(=O)c1ccc(NC(C)(C)C)c(N)c1. The summed E-state index contributed by atoms with van der Waals surface area (Å²) in [6.45, 7) is 6.16. The molecule has 16 heavy (non-hydrogen) atoms. The second-order valence-corrected chi connectivity index (χ2v) is 4.76. The molecule has 0 spiro atoms. The van der Waals surface area contributed by atoms with Gasteiger partial charge in [0.15, 0.2) is 0 Å². The van der Waals surface area contributed by atoms with E-state index >= 15 is 0 Å². The van der Waals surface area contributed by atoms with E-state index in [0.717, 1.165) is 5.69 Å². The summed E-state index contributed by atoms with van der Waals surface area (Å²) in [5.74, 6) is -0.131. The maximum Gasteiger partial charge on any atom is 0.251 e. The number of rotatable bonds is 2. The number of hydrogen-bond donors (Lipinski definition) is 3. The molecular weight excluding hydrogens is 202 g/mol.